The molecule has 76 valence electrons. The molecule has 0 aliphatic heterocycles. The molecule has 4 heteroatoms. The SMILES string of the molecule is Nc1cc(F)cc([C@H](N)C2CC2)c1O. The molecule has 0 amide bonds. The average Bonchev–Trinajstić information content (AvgIpc) is 2.93. The van der Waals surface area contributed by atoms with Crippen LogP contribution in [0.3, 0.4) is 0 Å². The van der Waals surface area contributed by atoms with Crippen LogP contribution in [0, 0.1) is 11.7 Å². The van der Waals surface area contributed by atoms with Crippen LogP contribution in [-0.2, 0) is 0 Å². The number of hydrogen-bond acceptors (Lipinski definition) is 3. The van der Waals surface area contributed by atoms with Crippen molar-refractivity contribution in [3.8, 4) is 5.75 Å². The molecule has 1 aromatic carbocycles. The number of nitrogen functional groups attached to an aromatic ring is 1. The van der Waals surface area contributed by atoms with Gasteiger partial charge in [-0.05, 0) is 24.8 Å². The van der Waals surface area contributed by atoms with Crippen molar-refractivity contribution in [2.75, 3.05) is 5.73 Å². The van der Waals surface area contributed by atoms with Gasteiger partial charge in [-0.25, -0.2) is 4.39 Å². The minimum Gasteiger partial charge on any atom is -0.505 e. The number of nitrogens with two attached hydrogens (primary N) is 2. The predicted octanol–water partition coefficient (Wildman–Crippen LogP) is 1.52. The molecule has 1 fully saturated rings. The van der Waals surface area contributed by atoms with Gasteiger partial charge in [0.25, 0.3) is 0 Å². The molecule has 14 heavy (non-hydrogen) atoms. The Morgan fingerprint density at radius 2 is 2.07 bits per heavy atom. The van der Waals surface area contributed by atoms with Crippen LogP contribution in [0.5, 0.6) is 5.75 Å². The first kappa shape index (κ1) is 9.27. The summed E-state index contributed by atoms with van der Waals surface area (Å²) in [4.78, 5) is 0. The third-order valence-electron chi connectivity index (χ3n) is 2.62. The van der Waals surface area contributed by atoms with Crippen molar-refractivity contribution in [1.82, 2.24) is 0 Å². The Labute approximate surface area is 81.5 Å². The van der Waals surface area contributed by atoms with Crippen LogP contribution >= 0.6 is 0 Å². The van der Waals surface area contributed by atoms with Crippen LogP contribution < -0.4 is 11.5 Å². The van der Waals surface area contributed by atoms with Gasteiger partial charge in [-0.3, -0.25) is 0 Å². The van der Waals surface area contributed by atoms with E-state index in [0.29, 0.717) is 11.5 Å². The van der Waals surface area contributed by atoms with Gasteiger partial charge in [-0.2, -0.15) is 0 Å². The average molecular weight is 196 g/mol. The first-order chi connectivity index (χ1) is 6.59. The second-order valence-electron chi connectivity index (χ2n) is 3.80. The molecule has 0 aromatic heterocycles. The summed E-state index contributed by atoms with van der Waals surface area (Å²) in [5.74, 6) is -0.167. The number of halogens is 1. The monoisotopic (exact) mass is 196 g/mol. The van der Waals surface area contributed by atoms with Gasteiger partial charge in [-0.1, -0.05) is 0 Å². The van der Waals surface area contributed by atoms with Gasteiger partial charge in [0.15, 0.2) is 0 Å². The molecular weight excluding hydrogens is 183 g/mol. The molecule has 0 radical (unpaired) electrons. The molecule has 0 saturated heterocycles. The zero-order chi connectivity index (χ0) is 10.3. The largest absolute Gasteiger partial charge is 0.505 e. The number of rotatable bonds is 2. The third-order valence-corrected chi connectivity index (χ3v) is 2.62. The topological polar surface area (TPSA) is 72.3 Å². The van der Waals surface area contributed by atoms with Crippen LogP contribution in [0.4, 0.5) is 10.1 Å². The molecule has 0 bridgehead atoms. The van der Waals surface area contributed by atoms with Crippen molar-refractivity contribution in [1.29, 1.82) is 0 Å². The fourth-order valence-corrected chi connectivity index (χ4v) is 1.61. The summed E-state index contributed by atoms with van der Waals surface area (Å²) >= 11 is 0. The molecule has 1 aliphatic rings. The van der Waals surface area contributed by atoms with E-state index in [9.17, 15) is 9.50 Å². The maximum absolute atomic E-state index is 13.0. The van der Waals surface area contributed by atoms with Crippen LogP contribution in [0.15, 0.2) is 12.1 Å². The molecule has 1 aromatic rings. The lowest BCUT2D eigenvalue weighted by Crippen LogP contribution is -2.13. The number of benzene rings is 1. The van der Waals surface area contributed by atoms with Crippen LogP contribution in [-0.4, -0.2) is 5.11 Å². The van der Waals surface area contributed by atoms with Gasteiger partial charge < -0.3 is 16.6 Å². The van der Waals surface area contributed by atoms with Crippen LogP contribution in [0.1, 0.15) is 24.4 Å². The summed E-state index contributed by atoms with van der Waals surface area (Å²) in [7, 11) is 0. The summed E-state index contributed by atoms with van der Waals surface area (Å²) in [6.45, 7) is 0. The van der Waals surface area contributed by atoms with Crippen LogP contribution in [0.25, 0.3) is 0 Å². The smallest absolute Gasteiger partial charge is 0.143 e. The van der Waals surface area contributed by atoms with Crippen molar-refractivity contribution >= 4 is 5.69 Å². The van der Waals surface area contributed by atoms with E-state index in [4.69, 9.17) is 11.5 Å². The maximum Gasteiger partial charge on any atom is 0.143 e. The molecule has 1 atom stereocenters. The highest BCUT2D eigenvalue weighted by atomic mass is 19.1. The van der Waals surface area contributed by atoms with Gasteiger partial charge >= 0.3 is 0 Å². The Morgan fingerprint density at radius 1 is 1.43 bits per heavy atom. The van der Waals surface area contributed by atoms with Gasteiger partial charge in [0, 0.05) is 17.7 Å². The second-order valence-corrected chi connectivity index (χ2v) is 3.80. The Bertz CT molecular complexity index is 363. The molecule has 0 unspecified atom stereocenters. The summed E-state index contributed by atoms with van der Waals surface area (Å²) < 4.78 is 13.0. The number of phenols is 1. The maximum atomic E-state index is 13.0. The van der Waals surface area contributed by atoms with E-state index < -0.39 is 5.82 Å². The van der Waals surface area contributed by atoms with Gasteiger partial charge in [0.2, 0.25) is 0 Å². The first-order valence-electron chi connectivity index (χ1n) is 4.63. The van der Waals surface area contributed by atoms with Crippen molar-refractivity contribution in [3.05, 3.63) is 23.5 Å². The normalized spacial score (nSPS) is 18.1. The summed E-state index contributed by atoms with van der Waals surface area (Å²) in [6, 6.07) is 2.06. The molecular formula is C10H13FN2O. The van der Waals surface area contributed by atoms with Crippen molar-refractivity contribution < 1.29 is 9.50 Å². The quantitative estimate of drug-likeness (QED) is 0.496. The van der Waals surface area contributed by atoms with Gasteiger partial charge in [-0.15, -0.1) is 0 Å². The highest BCUT2D eigenvalue weighted by Crippen LogP contribution is 2.43. The van der Waals surface area contributed by atoms with E-state index in [1.807, 2.05) is 0 Å². The number of anilines is 1. The Hall–Kier alpha value is -1.29. The van der Waals surface area contributed by atoms with E-state index in [-0.39, 0.29) is 17.5 Å². The minimum atomic E-state index is -0.452. The fraction of sp³-hybridized carbons (Fsp3) is 0.400. The summed E-state index contributed by atoms with van der Waals surface area (Å²) in [6.07, 6.45) is 2.08. The number of aromatic hydroxyl groups is 1. The van der Waals surface area contributed by atoms with Gasteiger partial charge in [0.05, 0.1) is 5.69 Å². The van der Waals surface area contributed by atoms with E-state index >= 15 is 0 Å². The molecule has 3 nitrogen and oxygen atoms in total. The summed E-state index contributed by atoms with van der Waals surface area (Å²) in [5.41, 5.74) is 11.8. The third kappa shape index (κ3) is 1.53. The van der Waals surface area contributed by atoms with E-state index in [1.165, 1.54) is 6.07 Å². The highest BCUT2D eigenvalue weighted by molar-refractivity contribution is 5.57. The minimum absolute atomic E-state index is 0.0519. The van der Waals surface area contributed by atoms with Crippen molar-refractivity contribution in [3.63, 3.8) is 0 Å². The standard InChI is InChI=1S/C10H13FN2O/c11-6-3-7(9(13)5-1-2-5)10(14)8(12)4-6/h3-5,9,14H,1-2,12-13H2/t9-/m1/s1. The Kier molecular flexibility index (Phi) is 2.07. The molecule has 1 aliphatic carbocycles. The number of phenolic OH excluding ortho intramolecular Hbond substituents is 1. The molecule has 5 N–H and O–H groups in total. The second kappa shape index (κ2) is 3.13. The van der Waals surface area contributed by atoms with E-state index in [1.54, 1.807) is 0 Å². The Morgan fingerprint density at radius 3 is 2.64 bits per heavy atom. The molecule has 0 heterocycles. The fourth-order valence-electron chi connectivity index (χ4n) is 1.61. The molecule has 1 saturated carbocycles. The van der Waals surface area contributed by atoms with Crippen molar-refractivity contribution in [2.24, 2.45) is 11.7 Å². The molecule has 2 rings (SSSR count). The number of hydrogen-bond donors (Lipinski definition) is 3. The summed E-state index contributed by atoms with van der Waals surface area (Å²) in [5, 5.41) is 9.60. The predicted molar refractivity (Wildman–Crippen MR) is 52.1 cm³/mol. The zero-order valence-electron chi connectivity index (χ0n) is 7.70. The lowest BCUT2D eigenvalue weighted by molar-refractivity contribution is 0.455. The first-order valence-corrected chi connectivity index (χ1v) is 4.63. The van der Waals surface area contributed by atoms with Crippen LogP contribution in [0.2, 0.25) is 0 Å². The Balaban J connectivity index is 2.39. The lowest BCUT2D eigenvalue weighted by Gasteiger charge is -2.13. The van der Waals surface area contributed by atoms with Gasteiger partial charge in [0.1, 0.15) is 11.6 Å². The van der Waals surface area contributed by atoms with Crippen molar-refractivity contribution in [2.45, 2.75) is 18.9 Å². The van der Waals surface area contributed by atoms with E-state index in [0.717, 1.165) is 18.9 Å². The van der Waals surface area contributed by atoms with E-state index in [2.05, 4.69) is 0 Å². The molecule has 0 spiro atoms. The highest BCUT2D eigenvalue weighted by Gasteiger charge is 2.31. The lowest BCUT2D eigenvalue weighted by atomic mass is 10.0. The zero-order valence-corrected chi connectivity index (χ0v) is 7.70.